The molecule has 1 aliphatic rings. The van der Waals surface area contributed by atoms with E-state index in [9.17, 15) is 27.8 Å². The molecule has 34 heavy (non-hydrogen) atoms. The molecule has 0 aliphatic carbocycles. The smallest absolute Gasteiger partial charge is 0.409 e. The average molecular weight is 501 g/mol. The first-order valence-corrected chi connectivity index (χ1v) is 11.5. The van der Waals surface area contributed by atoms with Gasteiger partial charge in [0.05, 0.1) is 12.6 Å². The summed E-state index contributed by atoms with van der Waals surface area (Å²) in [6.07, 6.45) is 0.519. The second-order valence-corrected chi connectivity index (χ2v) is 8.73. The fourth-order valence-electron chi connectivity index (χ4n) is 3.95. The Balaban J connectivity index is 1.92. The molecule has 3 rings (SSSR count). The molecule has 0 spiro atoms. The van der Waals surface area contributed by atoms with Gasteiger partial charge in [-0.25, -0.2) is 17.8 Å². The molecule has 0 saturated carbocycles. The fraction of sp³-hybridized carbons (Fsp3) is 0.429. The first-order valence-electron chi connectivity index (χ1n) is 10.4. The van der Waals surface area contributed by atoms with Gasteiger partial charge in [0.1, 0.15) is 17.2 Å². The number of hydrogen-bond donors (Lipinski definition) is 3. The first-order chi connectivity index (χ1) is 16.1. The van der Waals surface area contributed by atoms with E-state index in [4.69, 9.17) is 4.74 Å². The van der Waals surface area contributed by atoms with Crippen LogP contribution in [0.3, 0.4) is 0 Å². The highest BCUT2D eigenvalue weighted by molar-refractivity contribution is 7.80. The molecule has 10 nitrogen and oxygen atoms in total. The van der Waals surface area contributed by atoms with Crippen LogP contribution in [0.5, 0.6) is 0 Å². The van der Waals surface area contributed by atoms with Crippen molar-refractivity contribution < 1.29 is 37.0 Å². The molecular formula is C21H26F2N4O6S. The standard InChI is InChI=1S/C21H26F2N4O6S/c1-4-33-21(30)26-8-13(11-28)16(10-26)27(34(31)32)17-9-25(3)19(18(17)23)20(29)24-14-5-6-15(22)12(2)7-14/h5-7,9,13,16,28H,4,8,10-11H2,1-3H3,(H,24,29)(H,31,32)/t13-,16-/m0/s1. The van der Waals surface area contributed by atoms with Crippen LogP contribution < -0.4 is 9.62 Å². The lowest BCUT2D eigenvalue weighted by atomic mass is 10.1. The number of aliphatic hydroxyl groups is 1. The van der Waals surface area contributed by atoms with E-state index in [1.54, 1.807) is 6.92 Å². The van der Waals surface area contributed by atoms with Gasteiger partial charge in [0, 0.05) is 44.5 Å². The third-order valence-electron chi connectivity index (χ3n) is 5.61. The predicted molar refractivity (Wildman–Crippen MR) is 121 cm³/mol. The maximum atomic E-state index is 15.5. The molecule has 186 valence electrons. The summed E-state index contributed by atoms with van der Waals surface area (Å²) < 4.78 is 58.2. The zero-order valence-corrected chi connectivity index (χ0v) is 19.6. The summed E-state index contributed by atoms with van der Waals surface area (Å²) in [7, 11) is 1.39. The molecular weight excluding hydrogens is 474 g/mol. The molecule has 1 aromatic heterocycles. The number of benzene rings is 1. The number of nitrogens with one attached hydrogen (secondary N) is 1. The van der Waals surface area contributed by atoms with Crippen LogP contribution in [0.4, 0.5) is 25.0 Å². The second kappa shape index (κ2) is 10.5. The highest BCUT2D eigenvalue weighted by Crippen LogP contribution is 2.33. The van der Waals surface area contributed by atoms with E-state index in [0.717, 1.165) is 8.87 Å². The van der Waals surface area contributed by atoms with Gasteiger partial charge in [0.2, 0.25) is 0 Å². The van der Waals surface area contributed by atoms with E-state index < -0.39 is 59.2 Å². The normalized spacial score (nSPS) is 18.6. The summed E-state index contributed by atoms with van der Waals surface area (Å²) in [5, 5.41) is 12.3. The molecule has 3 N–H and O–H groups in total. The summed E-state index contributed by atoms with van der Waals surface area (Å²) in [5.74, 6) is -3.04. The van der Waals surface area contributed by atoms with Crippen molar-refractivity contribution in [2.75, 3.05) is 35.9 Å². The van der Waals surface area contributed by atoms with Crippen LogP contribution in [0, 0.1) is 24.5 Å². The van der Waals surface area contributed by atoms with E-state index in [1.807, 2.05) is 0 Å². The Morgan fingerprint density at radius 3 is 2.62 bits per heavy atom. The quantitative estimate of drug-likeness (QED) is 0.501. The lowest BCUT2D eigenvalue weighted by Crippen LogP contribution is -2.43. The Morgan fingerprint density at radius 1 is 1.32 bits per heavy atom. The predicted octanol–water partition coefficient (Wildman–Crippen LogP) is 2.26. The van der Waals surface area contributed by atoms with Crippen LogP contribution in [-0.4, -0.2) is 67.7 Å². The highest BCUT2D eigenvalue weighted by atomic mass is 32.2. The summed E-state index contributed by atoms with van der Waals surface area (Å²) >= 11 is -2.74. The zero-order chi connectivity index (χ0) is 25.2. The Labute approximate surface area is 197 Å². The molecule has 0 bridgehead atoms. The fourth-order valence-corrected chi connectivity index (χ4v) is 4.71. The molecule has 0 radical (unpaired) electrons. The number of nitrogens with zero attached hydrogens (tertiary/aromatic N) is 3. The van der Waals surface area contributed by atoms with E-state index in [-0.39, 0.29) is 36.6 Å². The van der Waals surface area contributed by atoms with Gasteiger partial charge >= 0.3 is 6.09 Å². The first kappa shape index (κ1) is 25.6. The topological polar surface area (TPSA) is 124 Å². The molecule has 1 aliphatic heterocycles. The number of aryl methyl sites for hydroxylation is 2. The van der Waals surface area contributed by atoms with Gasteiger partial charge in [-0.05, 0) is 37.6 Å². The zero-order valence-electron chi connectivity index (χ0n) is 18.8. The van der Waals surface area contributed by atoms with E-state index in [0.29, 0.717) is 0 Å². The van der Waals surface area contributed by atoms with E-state index >= 15 is 4.39 Å². The Hall–Kier alpha value is -3.03. The van der Waals surface area contributed by atoms with Crippen molar-refractivity contribution in [3.8, 4) is 0 Å². The van der Waals surface area contributed by atoms with Crippen molar-refractivity contribution in [1.82, 2.24) is 9.47 Å². The van der Waals surface area contributed by atoms with Gasteiger partial charge in [-0.1, -0.05) is 0 Å². The average Bonchev–Trinajstić information content (AvgIpc) is 3.32. The number of amides is 2. The van der Waals surface area contributed by atoms with Crippen LogP contribution in [-0.2, 0) is 23.1 Å². The number of aliphatic hydroxyl groups excluding tert-OH is 1. The third kappa shape index (κ3) is 5.05. The number of aromatic nitrogens is 1. The molecule has 1 saturated heterocycles. The number of rotatable bonds is 7. The van der Waals surface area contributed by atoms with Crippen LogP contribution in [0.1, 0.15) is 23.0 Å². The van der Waals surface area contributed by atoms with Crippen LogP contribution >= 0.6 is 0 Å². The Bertz CT molecular complexity index is 1110. The van der Waals surface area contributed by atoms with Crippen molar-refractivity contribution in [2.45, 2.75) is 19.9 Å². The molecule has 2 aromatic rings. The number of likely N-dealkylation sites (tertiary alicyclic amines) is 1. The monoisotopic (exact) mass is 500 g/mol. The minimum Gasteiger partial charge on any atom is -0.450 e. The molecule has 1 fully saturated rings. The molecule has 13 heteroatoms. The second-order valence-electron chi connectivity index (χ2n) is 7.88. The van der Waals surface area contributed by atoms with Crippen molar-refractivity contribution in [1.29, 1.82) is 0 Å². The van der Waals surface area contributed by atoms with Gasteiger partial charge in [-0.2, -0.15) is 0 Å². The molecule has 3 atom stereocenters. The minimum absolute atomic E-state index is 0.0411. The van der Waals surface area contributed by atoms with E-state index in [1.165, 1.54) is 43.3 Å². The number of carbonyl (C=O) groups is 2. The van der Waals surface area contributed by atoms with Gasteiger partial charge < -0.3 is 24.6 Å². The van der Waals surface area contributed by atoms with E-state index in [2.05, 4.69) is 5.32 Å². The number of carbonyl (C=O) groups excluding carboxylic acids is 2. The molecule has 2 amide bonds. The van der Waals surface area contributed by atoms with Gasteiger partial charge in [-0.15, -0.1) is 0 Å². The van der Waals surface area contributed by atoms with Gasteiger partial charge in [-0.3, -0.25) is 13.7 Å². The number of ether oxygens (including phenoxy) is 1. The maximum Gasteiger partial charge on any atom is 0.409 e. The summed E-state index contributed by atoms with van der Waals surface area (Å²) in [5.41, 5.74) is -0.240. The van der Waals surface area contributed by atoms with Crippen molar-refractivity contribution in [3.63, 3.8) is 0 Å². The molecule has 2 heterocycles. The third-order valence-corrected chi connectivity index (χ3v) is 6.41. The number of halogens is 2. The SMILES string of the molecule is CCOC(=O)N1C[C@@H](CO)[C@@H](N(c2cn(C)c(C(=O)Nc3ccc(F)c(C)c3)c2F)S(=O)O)C1. The largest absolute Gasteiger partial charge is 0.450 e. The summed E-state index contributed by atoms with van der Waals surface area (Å²) in [4.78, 5) is 26.2. The number of hydrogen-bond acceptors (Lipinski definition) is 5. The van der Waals surface area contributed by atoms with Crippen LogP contribution in [0.2, 0.25) is 0 Å². The van der Waals surface area contributed by atoms with Gasteiger partial charge in [0.25, 0.3) is 17.2 Å². The minimum atomic E-state index is -2.74. The number of anilines is 2. The highest BCUT2D eigenvalue weighted by Gasteiger charge is 2.43. The lowest BCUT2D eigenvalue weighted by molar-refractivity contribution is 0.101. The molecule has 1 aromatic carbocycles. The summed E-state index contributed by atoms with van der Waals surface area (Å²) in [6.45, 7) is 2.78. The molecule has 1 unspecified atom stereocenters. The van der Waals surface area contributed by atoms with Crippen molar-refractivity contribution >= 4 is 34.6 Å². The van der Waals surface area contributed by atoms with Gasteiger partial charge in [0.15, 0.2) is 5.82 Å². The summed E-state index contributed by atoms with van der Waals surface area (Å²) in [6, 6.07) is 2.95. The Morgan fingerprint density at radius 2 is 2.03 bits per heavy atom. The maximum absolute atomic E-state index is 15.5. The Kier molecular flexibility index (Phi) is 7.89. The lowest BCUT2D eigenvalue weighted by Gasteiger charge is -2.28. The van der Waals surface area contributed by atoms with Crippen LogP contribution in [0.25, 0.3) is 0 Å². The van der Waals surface area contributed by atoms with Crippen molar-refractivity contribution in [3.05, 3.63) is 47.3 Å². The van der Waals surface area contributed by atoms with Crippen LogP contribution in [0.15, 0.2) is 24.4 Å². The van der Waals surface area contributed by atoms with Crippen molar-refractivity contribution in [2.24, 2.45) is 13.0 Å².